The minimum absolute atomic E-state index is 0. The Bertz CT molecular complexity index is 1230. The summed E-state index contributed by atoms with van der Waals surface area (Å²) in [6, 6.07) is 10.0. The minimum Gasteiger partial charge on any atom is -0.378 e. The van der Waals surface area contributed by atoms with E-state index in [1.165, 1.54) is 18.2 Å². The van der Waals surface area contributed by atoms with Gasteiger partial charge in [-0.3, -0.25) is 0 Å². The number of nitrogens with two attached hydrogens (primary N) is 2. The van der Waals surface area contributed by atoms with Gasteiger partial charge in [-0.1, -0.05) is 29.6 Å². The van der Waals surface area contributed by atoms with Crippen LogP contribution in [0.5, 0.6) is 0 Å². The van der Waals surface area contributed by atoms with Crippen LogP contribution in [0.1, 0.15) is 11.1 Å². The van der Waals surface area contributed by atoms with Crippen LogP contribution in [0.4, 0.5) is 33.3 Å². The zero-order valence-corrected chi connectivity index (χ0v) is 22.7. The standard InChI is InChI=1S/C22H17F5N4S2.2BrH/c23-14-2-1-12(10-32-21(28)30-19-5-3-15(24)8-17(19)26)13(7-14)11-33-22(29)31-20-6-4-16(25)9-18(20)27;;/h1-9H,10-11H2,(H2,28,30)(H2,29,31);2*1H. The van der Waals surface area contributed by atoms with Gasteiger partial charge in [0.2, 0.25) is 0 Å². The second-order valence-electron chi connectivity index (χ2n) is 6.58. The molecule has 3 aromatic rings. The SMILES string of the molecule is Br.Br.NC(=Nc1ccc(F)cc1F)SCc1cc(F)ccc1CS/C(N)=N/c1ccc(F)cc1F. The van der Waals surface area contributed by atoms with Crippen LogP contribution in [0.25, 0.3) is 0 Å². The van der Waals surface area contributed by atoms with Crippen LogP contribution in [0.15, 0.2) is 64.6 Å². The second-order valence-corrected chi connectivity index (χ2v) is 8.57. The number of amidine groups is 2. The second kappa shape index (κ2) is 14.5. The van der Waals surface area contributed by atoms with Gasteiger partial charge in [0.25, 0.3) is 0 Å². The Labute approximate surface area is 228 Å². The van der Waals surface area contributed by atoms with E-state index in [9.17, 15) is 22.0 Å². The number of hydrogen-bond donors (Lipinski definition) is 2. The molecular weight excluding hydrogens is 639 g/mol. The maximum Gasteiger partial charge on any atom is 0.159 e. The minimum atomic E-state index is -0.853. The van der Waals surface area contributed by atoms with E-state index in [1.807, 2.05) is 0 Å². The Morgan fingerprint density at radius 1 is 0.600 bits per heavy atom. The molecule has 0 aromatic heterocycles. The lowest BCUT2D eigenvalue weighted by atomic mass is 10.1. The fourth-order valence-corrected chi connectivity index (χ4v) is 4.10. The van der Waals surface area contributed by atoms with Gasteiger partial charge >= 0.3 is 0 Å². The molecular formula is C22H19Br2F5N4S2. The zero-order chi connectivity index (χ0) is 24.0. The molecule has 0 amide bonds. The number of halogens is 7. The maximum atomic E-state index is 13.8. The summed E-state index contributed by atoms with van der Waals surface area (Å²) in [5.41, 5.74) is 12.8. The molecule has 13 heteroatoms. The normalized spacial score (nSPS) is 11.6. The molecule has 0 bridgehead atoms. The topological polar surface area (TPSA) is 76.8 Å². The van der Waals surface area contributed by atoms with Gasteiger partial charge in [0.1, 0.15) is 28.8 Å². The van der Waals surface area contributed by atoms with Gasteiger partial charge in [-0.2, -0.15) is 0 Å². The lowest BCUT2D eigenvalue weighted by Gasteiger charge is -2.10. The highest BCUT2D eigenvalue weighted by atomic mass is 79.9. The summed E-state index contributed by atoms with van der Waals surface area (Å²) in [6.45, 7) is 0. The monoisotopic (exact) mass is 656 g/mol. The third-order valence-corrected chi connectivity index (χ3v) is 5.88. The summed E-state index contributed by atoms with van der Waals surface area (Å²) < 4.78 is 67.3. The molecule has 0 aliphatic rings. The summed E-state index contributed by atoms with van der Waals surface area (Å²) in [5.74, 6) is -3.11. The summed E-state index contributed by atoms with van der Waals surface area (Å²) in [4.78, 5) is 7.85. The van der Waals surface area contributed by atoms with Crippen LogP contribution in [0, 0.1) is 29.1 Å². The fourth-order valence-electron chi connectivity index (χ4n) is 2.62. The largest absolute Gasteiger partial charge is 0.378 e. The van der Waals surface area contributed by atoms with Crippen LogP contribution in [0.3, 0.4) is 0 Å². The average Bonchev–Trinajstić information content (AvgIpc) is 2.75. The molecule has 0 fully saturated rings. The third kappa shape index (κ3) is 9.47. The van der Waals surface area contributed by atoms with Crippen molar-refractivity contribution < 1.29 is 22.0 Å². The van der Waals surface area contributed by atoms with Gasteiger partial charge in [0.05, 0.1) is 0 Å². The zero-order valence-electron chi connectivity index (χ0n) is 17.7. The van der Waals surface area contributed by atoms with Crippen molar-refractivity contribution in [2.75, 3.05) is 0 Å². The Balaban J connectivity index is 0.00000306. The van der Waals surface area contributed by atoms with E-state index in [4.69, 9.17) is 11.5 Å². The van der Waals surface area contributed by atoms with Crippen molar-refractivity contribution in [2.45, 2.75) is 11.5 Å². The molecule has 0 unspecified atom stereocenters. The molecule has 0 radical (unpaired) electrons. The highest BCUT2D eigenvalue weighted by Crippen LogP contribution is 2.26. The quantitative estimate of drug-likeness (QED) is 0.166. The van der Waals surface area contributed by atoms with E-state index in [0.29, 0.717) is 23.3 Å². The smallest absolute Gasteiger partial charge is 0.159 e. The molecule has 188 valence electrons. The van der Waals surface area contributed by atoms with Gasteiger partial charge in [0.15, 0.2) is 22.0 Å². The summed E-state index contributed by atoms with van der Waals surface area (Å²) in [6.07, 6.45) is 0. The van der Waals surface area contributed by atoms with Crippen LogP contribution in [-0.2, 0) is 11.5 Å². The predicted molar refractivity (Wildman–Crippen MR) is 145 cm³/mol. The first-order chi connectivity index (χ1) is 15.7. The summed E-state index contributed by atoms with van der Waals surface area (Å²) >= 11 is 2.13. The van der Waals surface area contributed by atoms with Crippen molar-refractivity contribution in [3.05, 3.63) is 94.8 Å². The number of hydrogen-bond acceptors (Lipinski definition) is 4. The van der Waals surface area contributed by atoms with Crippen molar-refractivity contribution >= 4 is 79.2 Å². The lowest BCUT2D eigenvalue weighted by Crippen LogP contribution is -2.08. The van der Waals surface area contributed by atoms with Crippen LogP contribution < -0.4 is 11.5 Å². The van der Waals surface area contributed by atoms with Crippen LogP contribution in [-0.4, -0.2) is 10.3 Å². The first-order valence-corrected chi connectivity index (χ1v) is 11.3. The Morgan fingerprint density at radius 3 is 1.46 bits per heavy atom. The first-order valence-electron chi connectivity index (χ1n) is 9.32. The number of aliphatic imine (C=N–C) groups is 2. The van der Waals surface area contributed by atoms with E-state index < -0.39 is 29.1 Å². The van der Waals surface area contributed by atoms with Crippen molar-refractivity contribution in [1.29, 1.82) is 0 Å². The van der Waals surface area contributed by atoms with Crippen LogP contribution in [0.2, 0.25) is 0 Å². The molecule has 4 nitrogen and oxygen atoms in total. The molecule has 0 spiro atoms. The molecule has 35 heavy (non-hydrogen) atoms. The van der Waals surface area contributed by atoms with E-state index >= 15 is 0 Å². The fraction of sp³-hybridized carbons (Fsp3) is 0.0909. The van der Waals surface area contributed by atoms with Crippen molar-refractivity contribution in [2.24, 2.45) is 21.5 Å². The lowest BCUT2D eigenvalue weighted by molar-refractivity contribution is 0.584. The first kappa shape index (κ1) is 30.9. The number of rotatable bonds is 6. The van der Waals surface area contributed by atoms with E-state index in [-0.39, 0.29) is 67.2 Å². The van der Waals surface area contributed by atoms with Gasteiger partial charge in [0, 0.05) is 23.6 Å². The average molecular weight is 658 g/mol. The van der Waals surface area contributed by atoms with Crippen molar-refractivity contribution in [3.63, 3.8) is 0 Å². The van der Waals surface area contributed by atoms with E-state index in [0.717, 1.165) is 41.7 Å². The third-order valence-electron chi connectivity index (χ3n) is 4.20. The number of thioether (sulfide) groups is 2. The maximum absolute atomic E-state index is 13.8. The highest BCUT2D eigenvalue weighted by Gasteiger charge is 2.10. The van der Waals surface area contributed by atoms with Gasteiger partial charge in [-0.15, -0.1) is 34.0 Å². The predicted octanol–water partition coefficient (Wildman–Crippen LogP) is 7.30. The Kier molecular flexibility index (Phi) is 12.8. The van der Waals surface area contributed by atoms with E-state index in [2.05, 4.69) is 9.98 Å². The molecule has 0 aliphatic carbocycles. The van der Waals surface area contributed by atoms with Gasteiger partial charge < -0.3 is 11.5 Å². The van der Waals surface area contributed by atoms with Gasteiger partial charge in [-0.05, 0) is 47.5 Å². The molecule has 0 saturated heterocycles. The summed E-state index contributed by atoms with van der Waals surface area (Å²) in [7, 11) is 0. The molecule has 0 saturated carbocycles. The molecule has 0 aliphatic heterocycles. The molecule has 0 atom stereocenters. The van der Waals surface area contributed by atoms with Crippen molar-refractivity contribution in [1.82, 2.24) is 0 Å². The molecule has 4 N–H and O–H groups in total. The van der Waals surface area contributed by atoms with E-state index in [1.54, 1.807) is 6.07 Å². The highest BCUT2D eigenvalue weighted by molar-refractivity contribution is 8.93. The molecule has 3 rings (SSSR count). The molecule has 3 aromatic carbocycles. The number of nitrogens with zero attached hydrogens (tertiary/aromatic N) is 2. The Hall–Kier alpha value is -2.09. The summed E-state index contributed by atoms with van der Waals surface area (Å²) in [5, 5.41) is 0.0486. The van der Waals surface area contributed by atoms with Gasteiger partial charge in [-0.25, -0.2) is 31.9 Å². The Morgan fingerprint density at radius 2 is 1.00 bits per heavy atom. The number of benzene rings is 3. The van der Waals surface area contributed by atoms with Crippen LogP contribution >= 0.6 is 57.5 Å². The molecule has 0 heterocycles. The van der Waals surface area contributed by atoms with Crippen molar-refractivity contribution in [3.8, 4) is 0 Å².